The second-order valence-electron chi connectivity index (χ2n) is 2.77. The summed E-state index contributed by atoms with van der Waals surface area (Å²) in [4.78, 5) is 0. The molecule has 4 N–H and O–H groups in total. The lowest BCUT2D eigenvalue weighted by Crippen LogP contribution is -2.03. The maximum absolute atomic E-state index is 13.0. The van der Waals surface area contributed by atoms with Crippen LogP contribution in [0.2, 0.25) is 0 Å². The van der Waals surface area contributed by atoms with Crippen molar-refractivity contribution >= 4 is 17.6 Å². The van der Waals surface area contributed by atoms with Gasteiger partial charge in [0.15, 0.2) is 0 Å². The van der Waals surface area contributed by atoms with Crippen LogP contribution in [0.4, 0.5) is 15.8 Å². The fourth-order valence-electron chi connectivity index (χ4n) is 1.06. The highest BCUT2D eigenvalue weighted by molar-refractivity contribution is 5.87. The molecule has 3 nitrogen and oxygen atoms in total. The van der Waals surface area contributed by atoms with Crippen LogP contribution in [0.5, 0.6) is 0 Å². The third-order valence-electron chi connectivity index (χ3n) is 1.76. The van der Waals surface area contributed by atoms with Gasteiger partial charge in [0.05, 0.1) is 5.69 Å². The number of nitrogens with one attached hydrogen (secondary N) is 2. The van der Waals surface area contributed by atoms with E-state index in [1.54, 1.807) is 6.08 Å². The van der Waals surface area contributed by atoms with Gasteiger partial charge in [-0.05, 0) is 12.1 Å². The van der Waals surface area contributed by atoms with Crippen LogP contribution >= 0.6 is 0 Å². The summed E-state index contributed by atoms with van der Waals surface area (Å²) in [6.45, 7) is 4.09. The van der Waals surface area contributed by atoms with Crippen molar-refractivity contribution in [1.82, 2.24) is 0 Å². The van der Waals surface area contributed by atoms with E-state index in [9.17, 15) is 4.39 Å². The fourth-order valence-corrected chi connectivity index (χ4v) is 1.06. The van der Waals surface area contributed by atoms with Crippen molar-refractivity contribution in [2.75, 3.05) is 17.6 Å². The molecule has 4 heteroatoms. The number of rotatable bonds is 4. The molecule has 1 aromatic rings. The Balaban J connectivity index is 3.06. The molecular weight excluding hydrogens is 181 g/mol. The minimum atomic E-state index is -0.507. The van der Waals surface area contributed by atoms with Gasteiger partial charge in [-0.2, -0.15) is 0 Å². The maximum atomic E-state index is 13.0. The molecular formula is C10H12FN3. The molecule has 0 aliphatic rings. The SMILES string of the molecule is C=CCNc1cc(N)c(F)cc1C=N. The van der Waals surface area contributed by atoms with Gasteiger partial charge in [-0.1, -0.05) is 6.08 Å². The van der Waals surface area contributed by atoms with E-state index in [0.29, 0.717) is 17.8 Å². The van der Waals surface area contributed by atoms with Crippen molar-refractivity contribution in [3.05, 3.63) is 36.2 Å². The summed E-state index contributed by atoms with van der Waals surface area (Å²) >= 11 is 0. The van der Waals surface area contributed by atoms with Crippen LogP contribution in [0.3, 0.4) is 0 Å². The van der Waals surface area contributed by atoms with Gasteiger partial charge in [-0.15, -0.1) is 6.58 Å². The molecule has 0 saturated carbocycles. The van der Waals surface area contributed by atoms with Crippen LogP contribution in [0.15, 0.2) is 24.8 Å². The third kappa shape index (κ3) is 2.10. The Hall–Kier alpha value is -1.84. The molecule has 0 atom stereocenters. The van der Waals surface area contributed by atoms with Crippen molar-refractivity contribution < 1.29 is 4.39 Å². The van der Waals surface area contributed by atoms with Crippen molar-refractivity contribution in [1.29, 1.82) is 5.41 Å². The molecule has 0 spiro atoms. The monoisotopic (exact) mass is 193 g/mol. The zero-order valence-corrected chi connectivity index (χ0v) is 7.68. The predicted molar refractivity (Wildman–Crippen MR) is 57.4 cm³/mol. The largest absolute Gasteiger partial charge is 0.396 e. The van der Waals surface area contributed by atoms with E-state index in [1.807, 2.05) is 0 Å². The minimum Gasteiger partial charge on any atom is -0.396 e. The number of nitrogen functional groups attached to an aromatic ring is 1. The van der Waals surface area contributed by atoms with Gasteiger partial charge in [0.1, 0.15) is 5.82 Å². The molecule has 74 valence electrons. The summed E-state index contributed by atoms with van der Waals surface area (Å²) in [7, 11) is 0. The van der Waals surface area contributed by atoms with Gasteiger partial charge in [0.2, 0.25) is 0 Å². The van der Waals surface area contributed by atoms with Crippen LogP contribution in [-0.2, 0) is 0 Å². The topological polar surface area (TPSA) is 61.9 Å². The normalized spacial score (nSPS) is 9.50. The second kappa shape index (κ2) is 4.41. The highest BCUT2D eigenvalue weighted by atomic mass is 19.1. The summed E-state index contributed by atoms with van der Waals surface area (Å²) in [5.41, 5.74) is 6.58. The smallest absolute Gasteiger partial charge is 0.146 e. The lowest BCUT2D eigenvalue weighted by atomic mass is 10.1. The number of hydrogen-bond acceptors (Lipinski definition) is 3. The lowest BCUT2D eigenvalue weighted by molar-refractivity contribution is 0.632. The summed E-state index contributed by atoms with van der Waals surface area (Å²) in [6, 6.07) is 2.70. The molecule has 0 fully saturated rings. The first-order valence-electron chi connectivity index (χ1n) is 4.13. The quantitative estimate of drug-likeness (QED) is 0.389. The van der Waals surface area contributed by atoms with E-state index in [2.05, 4.69) is 11.9 Å². The Kier molecular flexibility index (Phi) is 3.23. The maximum Gasteiger partial charge on any atom is 0.146 e. The molecule has 0 aromatic heterocycles. The molecule has 0 radical (unpaired) electrons. The Morgan fingerprint density at radius 1 is 1.57 bits per heavy atom. The fraction of sp³-hybridized carbons (Fsp3) is 0.100. The first kappa shape index (κ1) is 10.2. The number of nitrogens with two attached hydrogens (primary N) is 1. The highest BCUT2D eigenvalue weighted by Crippen LogP contribution is 2.20. The van der Waals surface area contributed by atoms with Gasteiger partial charge >= 0.3 is 0 Å². The summed E-state index contributed by atoms with van der Waals surface area (Å²) in [5, 5.41) is 10.1. The van der Waals surface area contributed by atoms with E-state index in [4.69, 9.17) is 11.1 Å². The van der Waals surface area contributed by atoms with E-state index in [1.165, 1.54) is 12.1 Å². The zero-order chi connectivity index (χ0) is 10.6. The molecule has 0 aliphatic carbocycles. The number of benzene rings is 1. The molecule has 0 aliphatic heterocycles. The lowest BCUT2D eigenvalue weighted by Gasteiger charge is -2.08. The van der Waals surface area contributed by atoms with Crippen molar-refractivity contribution in [3.8, 4) is 0 Å². The first-order valence-corrected chi connectivity index (χ1v) is 4.13. The molecule has 0 amide bonds. The average molecular weight is 193 g/mol. The number of hydrogen-bond donors (Lipinski definition) is 3. The standard InChI is InChI=1S/C10H12FN3/c1-2-3-14-10-5-9(13)8(11)4-7(10)6-12/h2,4-6,12,14H,1,3,13H2. The molecule has 1 rings (SSSR count). The van der Waals surface area contributed by atoms with Gasteiger partial charge in [-0.3, -0.25) is 0 Å². The molecule has 1 aromatic carbocycles. The summed E-state index contributed by atoms with van der Waals surface area (Å²) in [5.74, 6) is -0.507. The first-order chi connectivity index (χ1) is 6.69. The predicted octanol–water partition coefficient (Wildman–Crippen LogP) is 2.00. The third-order valence-corrected chi connectivity index (χ3v) is 1.76. The van der Waals surface area contributed by atoms with Crippen molar-refractivity contribution in [2.24, 2.45) is 0 Å². The number of anilines is 2. The van der Waals surface area contributed by atoms with Gasteiger partial charge in [0, 0.05) is 24.0 Å². The van der Waals surface area contributed by atoms with E-state index < -0.39 is 5.82 Å². The van der Waals surface area contributed by atoms with Crippen molar-refractivity contribution in [3.63, 3.8) is 0 Å². The number of halogens is 1. The van der Waals surface area contributed by atoms with E-state index >= 15 is 0 Å². The Morgan fingerprint density at radius 3 is 2.86 bits per heavy atom. The van der Waals surface area contributed by atoms with Crippen molar-refractivity contribution in [2.45, 2.75) is 0 Å². The van der Waals surface area contributed by atoms with Crippen LogP contribution in [0.25, 0.3) is 0 Å². The molecule has 0 heterocycles. The summed E-state index contributed by atoms with van der Waals surface area (Å²) < 4.78 is 13.0. The van der Waals surface area contributed by atoms with E-state index in [0.717, 1.165) is 6.21 Å². The van der Waals surface area contributed by atoms with Gasteiger partial charge in [0.25, 0.3) is 0 Å². The highest BCUT2D eigenvalue weighted by Gasteiger charge is 2.04. The molecule has 0 unspecified atom stereocenters. The van der Waals surface area contributed by atoms with Crippen LogP contribution in [0, 0.1) is 11.2 Å². The average Bonchev–Trinajstić information content (AvgIpc) is 2.19. The Labute approximate surface area is 81.9 Å². The molecule has 0 saturated heterocycles. The van der Waals surface area contributed by atoms with Crippen LogP contribution < -0.4 is 11.1 Å². The minimum absolute atomic E-state index is 0.0714. The second-order valence-corrected chi connectivity index (χ2v) is 2.77. The van der Waals surface area contributed by atoms with Gasteiger partial charge < -0.3 is 16.5 Å². The zero-order valence-electron chi connectivity index (χ0n) is 7.68. The van der Waals surface area contributed by atoms with Crippen LogP contribution in [0.1, 0.15) is 5.56 Å². The van der Waals surface area contributed by atoms with E-state index in [-0.39, 0.29) is 5.69 Å². The molecule has 14 heavy (non-hydrogen) atoms. The van der Waals surface area contributed by atoms with Gasteiger partial charge in [-0.25, -0.2) is 4.39 Å². The summed E-state index contributed by atoms with van der Waals surface area (Å²) in [6.07, 6.45) is 2.75. The Morgan fingerprint density at radius 2 is 2.29 bits per heavy atom. The Bertz CT molecular complexity index is 361. The van der Waals surface area contributed by atoms with Crippen LogP contribution in [-0.4, -0.2) is 12.8 Å². The molecule has 0 bridgehead atoms.